The summed E-state index contributed by atoms with van der Waals surface area (Å²) < 4.78 is 18.9. The minimum atomic E-state index is -0.789. The molecule has 5 rings (SSSR count). The Balaban J connectivity index is 1.32. The molecule has 0 aromatic heterocycles. The molecule has 8 nitrogen and oxygen atoms in total. The number of carbonyl (C=O) groups is 2. The predicted molar refractivity (Wildman–Crippen MR) is 110 cm³/mol. The number of benzene rings is 1. The first kappa shape index (κ1) is 22.3. The second-order valence-corrected chi connectivity index (χ2v) is 9.29. The molecular formula is C21H27ClFN3O5. The van der Waals surface area contributed by atoms with Crippen LogP contribution in [0.5, 0.6) is 5.75 Å². The van der Waals surface area contributed by atoms with E-state index in [2.05, 4.69) is 16.1 Å². The van der Waals surface area contributed by atoms with Crippen LogP contribution < -0.4 is 20.9 Å². The van der Waals surface area contributed by atoms with Crippen LogP contribution in [0.3, 0.4) is 0 Å². The maximum atomic E-state index is 13.5. The summed E-state index contributed by atoms with van der Waals surface area (Å²) >= 11 is 5.64. The molecule has 3 unspecified atom stereocenters. The van der Waals surface area contributed by atoms with Crippen molar-refractivity contribution in [1.29, 1.82) is 0 Å². The second-order valence-electron chi connectivity index (χ2n) is 8.88. The van der Waals surface area contributed by atoms with Gasteiger partial charge in [-0.1, -0.05) is 11.6 Å². The van der Waals surface area contributed by atoms with Gasteiger partial charge in [0.25, 0.3) is 5.91 Å². The Labute approximate surface area is 184 Å². The number of ether oxygens (including phenoxy) is 1. The summed E-state index contributed by atoms with van der Waals surface area (Å²) in [5.74, 6) is -1.16. The van der Waals surface area contributed by atoms with E-state index >= 15 is 0 Å². The maximum absolute atomic E-state index is 13.5. The standard InChI is InChI=1S/C21H27ClFN3O5/c1-12-14(10-31-26-12)19(29)25-20-4-6-21(7-5-20,17(27)9-20)24-18(28)11-30-13-2-3-15(22)16(23)8-13/h2-3,8,12,14,17,26-27H,4-7,9-11H2,1H3,(H,24,28)(H,25,29). The Kier molecular flexibility index (Phi) is 6.13. The normalized spacial score (nSPS) is 34.4. The second kappa shape index (κ2) is 8.54. The molecule has 4 fully saturated rings. The van der Waals surface area contributed by atoms with Gasteiger partial charge in [-0.25, -0.2) is 4.39 Å². The summed E-state index contributed by atoms with van der Waals surface area (Å²) in [5.41, 5.74) is 1.58. The summed E-state index contributed by atoms with van der Waals surface area (Å²) in [7, 11) is 0. The fourth-order valence-corrected chi connectivity index (χ4v) is 4.96. The topological polar surface area (TPSA) is 109 Å². The van der Waals surface area contributed by atoms with Gasteiger partial charge in [0.05, 0.1) is 29.2 Å². The molecule has 3 atom stereocenters. The third-order valence-electron chi connectivity index (χ3n) is 6.83. The SMILES string of the molecule is CC1NOCC1C(=O)NC12CCC(NC(=O)COc3ccc(Cl)c(F)c3)(CC1)C(O)C2. The molecule has 1 aromatic carbocycles. The molecular weight excluding hydrogens is 429 g/mol. The highest BCUT2D eigenvalue weighted by molar-refractivity contribution is 6.30. The monoisotopic (exact) mass is 455 g/mol. The molecule has 4 aliphatic rings. The molecule has 0 spiro atoms. The van der Waals surface area contributed by atoms with Crippen molar-refractivity contribution in [3.05, 3.63) is 29.0 Å². The van der Waals surface area contributed by atoms with Gasteiger partial charge in [-0.15, -0.1) is 0 Å². The van der Waals surface area contributed by atoms with Crippen LogP contribution in [0.15, 0.2) is 18.2 Å². The summed E-state index contributed by atoms with van der Waals surface area (Å²) in [5, 5.41) is 16.9. The van der Waals surface area contributed by atoms with Crippen LogP contribution in [0, 0.1) is 11.7 Å². The van der Waals surface area contributed by atoms with E-state index in [0.717, 1.165) is 6.07 Å². The number of rotatable bonds is 6. The summed E-state index contributed by atoms with van der Waals surface area (Å²) in [6.07, 6.45) is 2.00. The number of hydroxylamine groups is 1. The first-order valence-electron chi connectivity index (χ1n) is 10.5. The van der Waals surface area contributed by atoms with Crippen LogP contribution >= 0.6 is 11.6 Å². The number of aliphatic hydroxyl groups is 1. The zero-order chi connectivity index (χ0) is 22.2. The van der Waals surface area contributed by atoms with E-state index in [4.69, 9.17) is 21.2 Å². The number of amides is 2. The predicted octanol–water partition coefficient (Wildman–Crippen LogP) is 1.45. The Morgan fingerprint density at radius 1 is 1.32 bits per heavy atom. The molecule has 170 valence electrons. The molecule has 1 saturated heterocycles. The van der Waals surface area contributed by atoms with Crippen LogP contribution in [-0.4, -0.2) is 53.4 Å². The lowest BCUT2D eigenvalue weighted by Gasteiger charge is -2.56. The van der Waals surface area contributed by atoms with Crippen molar-refractivity contribution in [3.8, 4) is 5.75 Å². The molecule has 1 heterocycles. The molecule has 3 saturated carbocycles. The quantitative estimate of drug-likeness (QED) is 0.517. The average Bonchev–Trinajstić information content (AvgIpc) is 3.16. The number of nitrogens with one attached hydrogen (secondary N) is 3. The van der Waals surface area contributed by atoms with Crippen molar-refractivity contribution in [1.82, 2.24) is 16.1 Å². The lowest BCUT2D eigenvalue weighted by Crippen LogP contribution is -2.70. The van der Waals surface area contributed by atoms with Crippen molar-refractivity contribution in [2.75, 3.05) is 13.2 Å². The van der Waals surface area contributed by atoms with E-state index in [-0.39, 0.29) is 35.2 Å². The molecule has 2 bridgehead atoms. The van der Waals surface area contributed by atoms with Gasteiger partial charge in [0, 0.05) is 17.6 Å². The first-order valence-corrected chi connectivity index (χ1v) is 10.9. The summed E-state index contributed by atoms with van der Waals surface area (Å²) in [6, 6.07) is 3.89. The zero-order valence-electron chi connectivity index (χ0n) is 17.2. The Bertz CT molecular complexity index is 861. The molecule has 0 radical (unpaired) electrons. The molecule has 1 aliphatic heterocycles. The molecule has 10 heteroatoms. The third-order valence-corrected chi connectivity index (χ3v) is 7.14. The molecule has 1 aromatic rings. The van der Waals surface area contributed by atoms with Crippen molar-refractivity contribution >= 4 is 23.4 Å². The minimum absolute atomic E-state index is 0.0232. The first-order chi connectivity index (χ1) is 14.7. The number of hydrogen-bond acceptors (Lipinski definition) is 6. The van der Waals surface area contributed by atoms with Crippen LogP contribution in [0.1, 0.15) is 39.0 Å². The number of halogens is 2. The molecule has 4 N–H and O–H groups in total. The van der Waals surface area contributed by atoms with Gasteiger partial charge in [0.1, 0.15) is 11.6 Å². The van der Waals surface area contributed by atoms with E-state index in [0.29, 0.717) is 38.7 Å². The number of carbonyl (C=O) groups excluding carboxylic acids is 2. The van der Waals surface area contributed by atoms with Gasteiger partial charge in [-0.2, -0.15) is 5.48 Å². The van der Waals surface area contributed by atoms with E-state index in [1.54, 1.807) is 0 Å². The van der Waals surface area contributed by atoms with Gasteiger partial charge in [0.15, 0.2) is 6.61 Å². The van der Waals surface area contributed by atoms with Crippen LogP contribution in [0.2, 0.25) is 5.02 Å². The highest BCUT2D eigenvalue weighted by Crippen LogP contribution is 2.47. The van der Waals surface area contributed by atoms with Gasteiger partial charge in [0.2, 0.25) is 5.91 Å². The highest BCUT2D eigenvalue weighted by Gasteiger charge is 2.55. The molecule has 3 aliphatic carbocycles. The van der Waals surface area contributed by atoms with Crippen molar-refractivity contribution in [2.45, 2.75) is 62.3 Å². The fourth-order valence-electron chi connectivity index (χ4n) is 4.84. The van der Waals surface area contributed by atoms with Crippen LogP contribution in [0.25, 0.3) is 0 Å². The number of hydrogen-bond donors (Lipinski definition) is 4. The third kappa shape index (κ3) is 4.50. The maximum Gasteiger partial charge on any atom is 0.258 e. The molecule has 31 heavy (non-hydrogen) atoms. The van der Waals surface area contributed by atoms with Crippen molar-refractivity contribution < 1.29 is 28.7 Å². The van der Waals surface area contributed by atoms with E-state index in [1.165, 1.54) is 12.1 Å². The van der Waals surface area contributed by atoms with Gasteiger partial charge in [-0.3, -0.25) is 9.59 Å². The van der Waals surface area contributed by atoms with Gasteiger partial charge in [-0.05, 0) is 51.2 Å². The zero-order valence-corrected chi connectivity index (χ0v) is 18.0. The molecule has 2 amide bonds. The Morgan fingerprint density at radius 2 is 2.06 bits per heavy atom. The van der Waals surface area contributed by atoms with Crippen LogP contribution in [-0.2, 0) is 14.4 Å². The Morgan fingerprint density at radius 3 is 2.68 bits per heavy atom. The highest BCUT2D eigenvalue weighted by atomic mass is 35.5. The van der Waals surface area contributed by atoms with E-state index < -0.39 is 28.9 Å². The lowest BCUT2D eigenvalue weighted by molar-refractivity contribution is -0.138. The number of fused-ring (bicyclic) bond motifs is 3. The summed E-state index contributed by atoms with van der Waals surface area (Å²) in [6.45, 7) is 1.92. The van der Waals surface area contributed by atoms with Crippen LogP contribution in [0.4, 0.5) is 4.39 Å². The van der Waals surface area contributed by atoms with Gasteiger partial charge < -0.3 is 25.3 Å². The smallest absolute Gasteiger partial charge is 0.258 e. The largest absolute Gasteiger partial charge is 0.484 e. The Hall–Kier alpha value is -1.94. The van der Waals surface area contributed by atoms with Gasteiger partial charge >= 0.3 is 0 Å². The number of aliphatic hydroxyl groups excluding tert-OH is 1. The van der Waals surface area contributed by atoms with Crippen molar-refractivity contribution in [2.24, 2.45) is 5.92 Å². The minimum Gasteiger partial charge on any atom is -0.484 e. The van der Waals surface area contributed by atoms with Crippen molar-refractivity contribution in [3.63, 3.8) is 0 Å². The van der Waals surface area contributed by atoms with E-state index in [9.17, 15) is 19.1 Å². The average molecular weight is 456 g/mol. The fraction of sp³-hybridized carbons (Fsp3) is 0.619. The summed E-state index contributed by atoms with van der Waals surface area (Å²) in [4.78, 5) is 30.3. The van der Waals surface area contributed by atoms with E-state index in [1.807, 2.05) is 6.92 Å². The lowest BCUT2D eigenvalue weighted by atomic mass is 9.59.